The van der Waals surface area contributed by atoms with Crippen LogP contribution in [-0.4, -0.2) is 15.9 Å². The van der Waals surface area contributed by atoms with E-state index in [1.807, 2.05) is 0 Å². The van der Waals surface area contributed by atoms with Crippen molar-refractivity contribution in [3.63, 3.8) is 0 Å². The van der Waals surface area contributed by atoms with Gasteiger partial charge in [-0.15, -0.1) is 0 Å². The summed E-state index contributed by atoms with van der Waals surface area (Å²) in [6, 6.07) is 11.7. The van der Waals surface area contributed by atoms with Crippen molar-refractivity contribution in [2.24, 2.45) is 0 Å². The predicted octanol–water partition coefficient (Wildman–Crippen LogP) is 3.20. The molecule has 6 nitrogen and oxygen atoms in total. The number of carbonyl (C=O) groups is 1. The molecule has 0 aromatic heterocycles. The van der Waals surface area contributed by atoms with E-state index in [4.69, 9.17) is 10.6 Å². The lowest BCUT2D eigenvalue weighted by molar-refractivity contribution is -0.729. The van der Waals surface area contributed by atoms with Crippen LogP contribution in [0.1, 0.15) is 15.9 Å². The van der Waals surface area contributed by atoms with Crippen molar-refractivity contribution in [1.29, 1.82) is 5.39 Å². The van der Waals surface area contributed by atoms with E-state index >= 15 is 0 Å². The Morgan fingerprint density at radius 2 is 1.47 bits per heavy atom. The number of carbonyl (C=O) groups excluding carboxylic acids is 1. The Hall–Kier alpha value is -3.07. The average Bonchev–Trinajstić information content (AvgIpc) is 2.46. The maximum absolute atomic E-state index is 12.1. The molecule has 2 rings (SSSR count). The van der Waals surface area contributed by atoms with Gasteiger partial charge in [-0.05, 0) is 24.3 Å². The molecule has 92 valence electrons. The average molecular weight is 255 g/mol. The van der Waals surface area contributed by atoms with Crippen molar-refractivity contribution in [3.8, 4) is 0 Å². The van der Waals surface area contributed by atoms with E-state index in [9.17, 15) is 9.70 Å². The Morgan fingerprint density at radius 1 is 1.00 bits per heavy atom. The van der Waals surface area contributed by atoms with Crippen molar-refractivity contribution in [2.45, 2.75) is 0 Å². The van der Waals surface area contributed by atoms with E-state index in [2.05, 4.69) is 4.98 Å². The molecule has 0 heterocycles. The smallest absolute Gasteiger partial charge is 0.289 e. The molecule has 0 unspecified atom stereocenters. The van der Waals surface area contributed by atoms with Crippen LogP contribution in [0.4, 0.5) is 11.4 Å². The van der Waals surface area contributed by atoms with Crippen LogP contribution in [0, 0.1) is 10.3 Å². The fraction of sp³-hybridized carbons (Fsp3) is 0. The highest BCUT2D eigenvalue weighted by atomic mass is 16.6. The van der Waals surface area contributed by atoms with Gasteiger partial charge < -0.3 is 0 Å². The molecular formula is C13H9N3O3+2. The summed E-state index contributed by atoms with van der Waals surface area (Å²) in [5, 5.41) is 17.2. The van der Waals surface area contributed by atoms with Gasteiger partial charge >= 0.3 is 11.4 Å². The first-order chi connectivity index (χ1) is 9.11. The Morgan fingerprint density at radius 3 is 1.89 bits per heavy atom. The number of nitrogens with zero attached hydrogens (tertiary/aromatic N) is 3. The molecular weight excluding hydrogens is 246 g/mol. The summed E-state index contributed by atoms with van der Waals surface area (Å²) in [5.41, 5.74) is 1.22. The summed E-state index contributed by atoms with van der Waals surface area (Å²) < 4.78 is 0. The van der Waals surface area contributed by atoms with Crippen LogP contribution >= 0.6 is 0 Å². The van der Waals surface area contributed by atoms with Crippen molar-refractivity contribution in [1.82, 2.24) is 0 Å². The molecule has 0 fully saturated rings. The number of diazo groups is 1. The van der Waals surface area contributed by atoms with Gasteiger partial charge in [0.1, 0.15) is 0 Å². The molecule has 0 aliphatic heterocycles. The molecule has 0 spiro atoms. The lowest BCUT2D eigenvalue weighted by Crippen LogP contribution is -2.01. The molecule has 2 aromatic carbocycles. The summed E-state index contributed by atoms with van der Waals surface area (Å²) >= 11 is 0. The van der Waals surface area contributed by atoms with Gasteiger partial charge in [0.2, 0.25) is 5.39 Å². The highest BCUT2D eigenvalue weighted by molar-refractivity contribution is 6.09. The second kappa shape index (κ2) is 5.06. The number of hydrogen-bond acceptors (Lipinski definition) is 3. The Labute approximate surface area is 108 Å². The first kappa shape index (κ1) is 12.4. The van der Waals surface area contributed by atoms with E-state index in [1.54, 1.807) is 0 Å². The van der Waals surface area contributed by atoms with Crippen LogP contribution in [0.3, 0.4) is 0 Å². The van der Waals surface area contributed by atoms with Gasteiger partial charge in [0.05, 0.1) is 4.91 Å². The minimum atomic E-state index is -0.272. The van der Waals surface area contributed by atoms with Gasteiger partial charge in [0.25, 0.3) is 4.92 Å². The normalized spacial score (nSPS) is 9.63. The highest BCUT2D eigenvalue weighted by Gasteiger charge is 2.15. The molecule has 6 heteroatoms. The molecule has 0 amide bonds. The van der Waals surface area contributed by atoms with Crippen molar-refractivity contribution >= 4 is 17.2 Å². The fourth-order valence-corrected chi connectivity index (χ4v) is 1.59. The Balaban J connectivity index is 2.28. The first-order valence-corrected chi connectivity index (χ1v) is 5.38. The van der Waals surface area contributed by atoms with Gasteiger partial charge in [-0.25, -0.2) is 5.21 Å². The van der Waals surface area contributed by atoms with Crippen LogP contribution in [0.25, 0.3) is 4.98 Å². The minimum Gasteiger partial charge on any atom is -0.289 e. The van der Waals surface area contributed by atoms with E-state index in [-0.39, 0.29) is 16.4 Å². The van der Waals surface area contributed by atoms with Crippen LogP contribution in [-0.2, 0) is 0 Å². The predicted molar refractivity (Wildman–Crippen MR) is 66.1 cm³/mol. The largest absolute Gasteiger partial charge is 0.385 e. The van der Waals surface area contributed by atoms with E-state index in [1.165, 1.54) is 48.5 Å². The molecule has 0 atom stereocenters. The lowest BCUT2D eigenvalue weighted by atomic mass is 10.0. The summed E-state index contributed by atoms with van der Waals surface area (Å²) in [6.07, 6.45) is 0. The van der Waals surface area contributed by atoms with Gasteiger partial charge in [-0.1, -0.05) is 0 Å². The maximum atomic E-state index is 12.1. The standard InChI is InChI=1S/C13H9N3O3/c14-15-11-5-1-9(2-6-11)13(17)10-3-7-12(8-4-10)16(18)19/h1-8H,(H,18,19)/q+2. The molecule has 0 saturated heterocycles. The van der Waals surface area contributed by atoms with Crippen LogP contribution < -0.4 is 0 Å². The number of hydrogen-bond donors (Lipinski definition) is 1. The topological polar surface area (TPSA) is 85.5 Å². The quantitative estimate of drug-likeness (QED) is 0.518. The minimum absolute atomic E-state index is 0.0472. The summed E-state index contributed by atoms with van der Waals surface area (Å²) in [6.45, 7) is 0. The Kier molecular flexibility index (Phi) is 3.30. The number of benzene rings is 2. The fourth-order valence-electron chi connectivity index (χ4n) is 1.59. The summed E-state index contributed by atoms with van der Waals surface area (Å²) in [4.78, 5) is 25.4. The van der Waals surface area contributed by atoms with Gasteiger partial charge in [-0.3, -0.25) is 4.79 Å². The summed E-state index contributed by atoms with van der Waals surface area (Å²) in [5.74, 6) is -0.230. The number of ketones is 1. The van der Waals surface area contributed by atoms with Crippen LogP contribution in [0.5, 0.6) is 0 Å². The van der Waals surface area contributed by atoms with Gasteiger partial charge in [0, 0.05) is 35.4 Å². The summed E-state index contributed by atoms with van der Waals surface area (Å²) in [7, 11) is 0. The molecule has 0 aliphatic carbocycles. The molecule has 0 bridgehead atoms. The highest BCUT2D eigenvalue weighted by Crippen LogP contribution is 2.17. The number of rotatable bonds is 3. The lowest BCUT2D eigenvalue weighted by Gasteiger charge is -1.99. The first-order valence-electron chi connectivity index (χ1n) is 5.38. The maximum Gasteiger partial charge on any atom is 0.385 e. The zero-order chi connectivity index (χ0) is 13.8. The Bertz CT molecular complexity index is 670. The van der Waals surface area contributed by atoms with Crippen LogP contribution in [0.2, 0.25) is 0 Å². The van der Waals surface area contributed by atoms with E-state index in [0.717, 1.165) is 0 Å². The van der Waals surface area contributed by atoms with Crippen molar-refractivity contribution in [2.75, 3.05) is 0 Å². The molecule has 0 aliphatic rings. The zero-order valence-corrected chi connectivity index (χ0v) is 9.72. The molecule has 0 radical (unpaired) electrons. The SMILES string of the molecule is N#[N+]c1ccc(C(=O)c2ccc([N+](=O)O)cc2)cc1. The second-order valence-corrected chi connectivity index (χ2v) is 3.80. The third kappa shape index (κ3) is 2.61. The molecule has 2 aromatic rings. The monoisotopic (exact) mass is 255 g/mol. The third-order valence-corrected chi connectivity index (χ3v) is 2.60. The van der Waals surface area contributed by atoms with Crippen molar-refractivity contribution in [3.05, 3.63) is 69.5 Å². The van der Waals surface area contributed by atoms with Crippen molar-refractivity contribution < 1.29 is 14.9 Å². The van der Waals surface area contributed by atoms with E-state index in [0.29, 0.717) is 16.8 Å². The molecule has 0 saturated carbocycles. The zero-order valence-electron chi connectivity index (χ0n) is 9.72. The van der Waals surface area contributed by atoms with Crippen LogP contribution in [0.15, 0.2) is 48.5 Å². The van der Waals surface area contributed by atoms with Gasteiger partial charge in [-0.2, -0.15) is 0 Å². The van der Waals surface area contributed by atoms with E-state index < -0.39 is 0 Å². The van der Waals surface area contributed by atoms with Gasteiger partial charge in [0.15, 0.2) is 10.8 Å². The third-order valence-electron chi connectivity index (χ3n) is 2.60. The molecule has 19 heavy (non-hydrogen) atoms. The second-order valence-electron chi connectivity index (χ2n) is 3.80. The molecule has 1 N–H and O–H groups in total.